The number of aromatic nitrogens is 2. The van der Waals surface area contributed by atoms with E-state index in [2.05, 4.69) is 15.3 Å². The lowest BCUT2D eigenvalue weighted by atomic mass is 10.0. The predicted octanol–water partition coefficient (Wildman–Crippen LogP) is 2.40. The van der Waals surface area contributed by atoms with E-state index in [0.29, 0.717) is 29.3 Å². The van der Waals surface area contributed by atoms with Crippen LogP contribution >= 0.6 is 11.6 Å². The molecule has 0 saturated heterocycles. The fraction of sp³-hybridized carbons (Fsp3) is 0.667. The molecule has 94 valence electrons. The van der Waals surface area contributed by atoms with Crippen LogP contribution in [-0.2, 0) is 0 Å². The molecule has 1 heterocycles. The molecule has 2 rings (SSSR count). The first kappa shape index (κ1) is 12.6. The predicted molar refractivity (Wildman–Crippen MR) is 68.2 cm³/mol. The van der Waals surface area contributed by atoms with Crippen LogP contribution in [0, 0.1) is 12.8 Å². The van der Waals surface area contributed by atoms with Crippen molar-refractivity contribution < 1.29 is 5.11 Å². The molecule has 0 radical (unpaired) electrons. The Kier molecular flexibility index (Phi) is 4.18. The maximum atomic E-state index is 10.0. The summed E-state index contributed by atoms with van der Waals surface area (Å²) in [5.41, 5.74) is 0. The number of nitrogens with zero attached hydrogens (tertiary/aromatic N) is 2. The molecule has 1 aliphatic carbocycles. The van der Waals surface area contributed by atoms with Crippen molar-refractivity contribution >= 4 is 17.4 Å². The summed E-state index contributed by atoms with van der Waals surface area (Å²) in [6.45, 7) is 2.32. The smallest absolute Gasteiger partial charge is 0.134 e. The molecular weight excluding hydrogens is 238 g/mol. The lowest BCUT2D eigenvalue weighted by Crippen LogP contribution is -2.27. The number of halogens is 1. The van der Waals surface area contributed by atoms with Crippen molar-refractivity contribution in [3.8, 4) is 0 Å². The van der Waals surface area contributed by atoms with Crippen LogP contribution in [0.25, 0.3) is 0 Å². The van der Waals surface area contributed by atoms with Crippen molar-refractivity contribution in [1.82, 2.24) is 9.97 Å². The SMILES string of the molecule is Cc1nc(Cl)cc(NCC(O)C2CCCC2)n1. The van der Waals surface area contributed by atoms with Gasteiger partial charge in [-0.25, -0.2) is 9.97 Å². The van der Waals surface area contributed by atoms with Crippen LogP contribution in [0.2, 0.25) is 5.15 Å². The molecular formula is C12H18ClN3O. The normalized spacial score (nSPS) is 18.3. The van der Waals surface area contributed by atoms with E-state index in [-0.39, 0.29) is 6.10 Å². The molecule has 1 fully saturated rings. The Balaban J connectivity index is 1.88. The zero-order valence-corrected chi connectivity index (χ0v) is 10.7. The number of hydrogen-bond donors (Lipinski definition) is 2. The van der Waals surface area contributed by atoms with Crippen LogP contribution in [0.15, 0.2) is 6.07 Å². The average Bonchev–Trinajstić information content (AvgIpc) is 2.78. The lowest BCUT2D eigenvalue weighted by Gasteiger charge is -2.18. The highest BCUT2D eigenvalue weighted by Gasteiger charge is 2.22. The number of aliphatic hydroxyl groups excluding tert-OH is 1. The van der Waals surface area contributed by atoms with Gasteiger partial charge in [-0.2, -0.15) is 0 Å². The first-order chi connectivity index (χ1) is 8.15. The number of aliphatic hydroxyl groups is 1. The third kappa shape index (κ3) is 3.54. The van der Waals surface area contributed by atoms with E-state index in [9.17, 15) is 5.11 Å². The van der Waals surface area contributed by atoms with Crippen molar-refractivity contribution in [3.63, 3.8) is 0 Å². The van der Waals surface area contributed by atoms with Crippen LogP contribution in [0.4, 0.5) is 5.82 Å². The van der Waals surface area contributed by atoms with Crippen molar-refractivity contribution in [3.05, 3.63) is 17.0 Å². The molecule has 1 aromatic rings. The highest BCUT2D eigenvalue weighted by Crippen LogP contribution is 2.27. The third-order valence-electron chi connectivity index (χ3n) is 3.24. The molecule has 0 aromatic carbocycles. The Morgan fingerprint density at radius 1 is 1.47 bits per heavy atom. The summed E-state index contributed by atoms with van der Waals surface area (Å²) in [5.74, 6) is 1.75. The quantitative estimate of drug-likeness (QED) is 0.812. The second-order valence-electron chi connectivity index (χ2n) is 4.62. The summed E-state index contributed by atoms with van der Waals surface area (Å²) >= 11 is 5.84. The summed E-state index contributed by atoms with van der Waals surface area (Å²) in [6, 6.07) is 1.68. The van der Waals surface area contributed by atoms with Crippen LogP contribution in [0.5, 0.6) is 0 Å². The molecule has 4 nitrogen and oxygen atoms in total. The van der Waals surface area contributed by atoms with E-state index in [1.807, 2.05) is 0 Å². The highest BCUT2D eigenvalue weighted by atomic mass is 35.5. The fourth-order valence-corrected chi connectivity index (χ4v) is 2.57. The molecule has 0 amide bonds. The van der Waals surface area contributed by atoms with Crippen molar-refractivity contribution in [2.75, 3.05) is 11.9 Å². The maximum absolute atomic E-state index is 10.0. The Morgan fingerprint density at radius 2 is 2.18 bits per heavy atom. The largest absolute Gasteiger partial charge is 0.391 e. The highest BCUT2D eigenvalue weighted by molar-refractivity contribution is 6.29. The van der Waals surface area contributed by atoms with Gasteiger partial charge < -0.3 is 10.4 Å². The lowest BCUT2D eigenvalue weighted by molar-refractivity contribution is 0.122. The summed E-state index contributed by atoms with van der Waals surface area (Å²) in [5, 5.41) is 13.6. The van der Waals surface area contributed by atoms with Crippen LogP contribution < -0.4 is 5.32 Å². The van der Waals surface area contributed by atoms with Gasteiger partial charge in [0.1, 0.15) is 16.8 Å². The molecule has 0 aliphatic heterocycles. The van der Waals surface area contributed by atoms with Gasteiger partial charge in [0.15, 0.2) is 0 Å². The molecule has 2 N–H and O–H groups in total. The molecule has 5 heteroatoms. The Hall–Kier alpha value is -0.870. The first-order valence-electron chi connectivity index (χ1n) is 6.08. The average molecular weight is 256 g/mol. The molecule has 0 spiro atoms. The van der Waals surface area contributed by atoms with Gasteiger partial charge in [-0.15, -0.1) is 0 Å². The van der Waals surface area contributed by atoms with Crippen molar-refractivity contribution in [2.45, 2.75) is 38.7 Å². The minimum atomic E-state index is -0.299. The summed E-state index contributed by atoms with van der Waals surface area (Å²) in [4.78, 5) is 8.21. The zero-order valence-electron chi connectivity index (χ0n) is 9.99. The van der Waals surface area contributed by atoms with Gasteiger partial charge in [0.25, 0.3) is 0 Å². The second-order valence-corrected chi connectivity index (χ2v) is 5.00. The maximum Gasteiger partial charge on any atom is 0.134 e. The van der Waals surface area contributed by atoms with E-state index >= 15 is 0 Å². The van der Waals surface area contributed by atoms with Gasteiger partial charge in [0.05, 0.1) is 6.10 Å². The number of aryl methyl sites for hydroxylation is 1. The standard InChI is InChI=1S/C12H18ClN3O/c1-8-15-11(13)6-12(16-8)14-7-10(17)9-4-2-3-5-9/h6,9-10,17H,2-5,7H2,1H3,(H,14,15,16). The zero-order chi connectivity index (χ0) is 12.3. The van der Waals surface area contributed by atoms with Crippen molar-refractivity contribution in [1.29, 1.82) is 0 Å². The van der Waals surface area contributed by atoms with Gasteiger partial charge in [0, 0.05) is 12.6 Å². The van der Waals surface area contributed by atoms with Gasteiger partial charge in [-0.3, -0.25) is 0 Å². The minimum absolute atomic E-state index is 0.299. The molecule has 17 heavy (non-hydrogen) atoms. The number of nitrogens with one attached hydrogen (secondary N) is 1. The summed E-state index contributed by atoms with van der Waals surface area (Å²) in [6.07, 6.45) is 4.44. The first-order valence-corrected chi connectivity index (χ1v) is 6.46. The summed E-state index contributed by atoms with van der Waals surface area (Å²) < 4.78 is 0. The van der Waals surface area contributed by atoms with E-state index in [0.717, 1.165) is 12.8 Å². The topological polar surface area (TPSA) is 58.0 Å². The summed E-state index contributed by atoms with van der Waals surface area (Å²) in [7, 11) is 0. The van der Waals surface area contributed by atoms with Gasteiger partial charge >= 0.3 is 0 Å². The Bertz CT molecular complexity index is 360. The minimum Gasteiger partial charge on any atom is -0.391 e. The van der Waals surface area contributed by atoms with Crippen LogP contribution in [0.1, 0.15) is 31.5 Å². The molecule has 1 aliphatic rings. The molecule has 1 aromatic heterocycles. The van der Waals surface area contributed by atoms with Crippen LogP contribution in [-0.4, -0.2) is 27.7 Å². The monoisotopic (exact) mass is 255 g/mol. The molecule has 1 unspecified atom stereocenters. The van der Waals surface area contributed by atoms with Gasteiger partial charge in [-0.05, 0) is 25.7 Å². The Labute approximate surface area is 106 Å². The van der Waals surface area contributed by atoms with Crippen LogP contribution in [0.3, 0.4) is 0 Å². The number of hydrogen-bond acceptors (Lipinski definition) is 4. The van der Waals surface area contributed by atoms with E-state index in [1.165, 1.54) is 12.8 Å². The van der Waals surface area contributed by atoms with Gasteiger partial charge in [0.2, 0.25) is 0 Å². The van der Waals surface area contributed by atoms with E-state index in [1.54, 1.807) is 13.0 Å². The number of rotatable bonds is 4. The Morgan fingerprint density at radius 3 is 2.82 bits per heavy atom. The molecule has 0 bridgehead atoms. The second kappa shape index (κ2) is 5.65. The third-order valence-corrected chi connectivity index (χ3v) is 3.44. The van der Waals surface area contributed by atoms with Gasteiger partial charge in [-0.1, -0.05) is 24.4 Å². The van der Waals surface area contributed by atoms with E-state index < -0.39 is 0 Å². The molecule has 1 saturated carbocycles. The number of anilines is 1. The van der Waals surface area contributed by atoms with Crippen molar-refractivity contribution in [2.24, 2.45) is 5.92 Å². The fourth-order valence-electron chi connectivity index (χ4n) is 2.34. The molecule has 1 atom stereocenters. The van der Waals surface area contributed by atoms with E-state index in [4.69, 9.17) is 11.6 Å².